The van der Waals surface area contributed by atoms with Crippen molar-refractivity contribution < 1.29 is 4.74 Å². The first-order valence-electron chi connectivity index (χ1n) is 6.34. The van der Waals surface area contributed by atoms with E-state index < -0.39 is 0 Å². The predicted octanol–water partition coefficient (Wildman–Crippen LogP) is 2.22. The summed E-state index contributed by atoms with van der Waals surface area (Å²) in [6.07, 6.45) is 3.46. The van der Waals surface area contributed by atoms with Crippen LogP contribution in [-0.4, -0.2) is 21.9 Å². The molecule has 0 fully saturated rings. The third-order valence-electron chi connectivity index (χ3n) is 3.15. The van der Waals surface area contributed by atoms with Gasteiger partial charge in [-0.05, 0) is 32.4 Å². The van der Waals surface area contributed by atoms with Gasteiger partial charge in [-0.3, -0.25) is 9.67 Å². The van der Waals surface area contributed by atoms with E-state index in [1.807, 2.05) is 23.7 Å². The van der Waals surface area contributed by atoms with Gasteiger partial charge in [-0.1, -0.05) is 6.07 Å². The van der Waals surface area contributed by atoms with Crippen LogP contribution in [0.2, 0.25) is 0 Å². The highest BCUT2D eigenvalue weighted by molar-refractivity contribution is 5.36. The van der Waals surface area contributed by atoms with E-state index in [2.05, 4.69) is 23.9 Å². The van der Waals surface area contributed by atoms with Crippen LogP contribution in [0, 0.1) is 6.92 Å². The molecule has 0 spiro atoms. The number of rotatable bonds is 4. The summed E-state index contributed by atoms with van der Waals surface area (Å²) >= 11 is 0. The average molecular weight is 260 g/mol. The number of ether oxygens (including phenoxy) is 1. The van der Waals surface area contributed by atoms with E-state index in [1.54, 1.807) is 19.5 Å². The molecule has 2 N–H and O–H groups in total. The molecule has 0 radical (unpaired) electrons. The van der Waals surface area contributed by atoms with Crippen LogP contribution in [-0.2, 0) is 0 Å². The number of nitrogens with two attached hydrogens (primary N) is 1. The second-order valence-electron chi connectivity index (χ2n) is 4.82. The van der Waals surface area contributed by atoms with Gasteiger partial charge in [0.25, 0.3) is 0 Å². The fourth-order valence-electron chi connectivity index (χ4n) is 2.17. The molecule has 2 aromatic rings. The van der Waals surface area contributed by atoms with Crippen molar-refractivity contribution in [3.05, 3.63) is 41.5 Å². The van der Waals surface area contributed by atoms with Gasteiger partial charge in [-0.2, -0.15) is 5.10 Å². The minimum absolute atomic E-state index is 0.217. The highest BCUT2D eigenvalue weighted by Crippen LogP contribution is 2.30. The molecule has 2 rings (SSSR count). The molecule has 0 aliphatic heterocycles. The normalized spacial score (nSPS) is 12.7. The lowest BCUT2D eigenvalue weighted by molar-refractivity contribution is 0.400. The van der Waals surface area contributed by atoms with Crippen LogP contribution in [0.1, 0.15) is 42.9 Å². The van der Waals surface area contributed by atoms with Gasteiger partial charge in [0.1, 0.15) is 5.69 Å². The number of methoxy groups -OCH3 is 1. The summed E-state index contributed by atoms with van der Waals surface area (Å²) in [4.78, 5) is 4.39. The van der Waals surface area contributed by atoms with Crippen LogP contribution in [0.25, 0.3) is 0 Å². The Balaban J connectivity index is 2.52. The highest BCUT2D eigenvalue weighted by Gasteiger charge is 2.23. The topological polar surface area (TPSA) is 66.0 Å². The molecule has 102 valence electrons. The predicted molar refractivity (Wildman–Crippen MR) is 74.2 cm³/mol. The number of aromatic nitrogens is 3. The van der Waals surface area contributed by atoms with Crippen molar-refractivity contribution >= 4 is 0 Å². The van der Waals surface area contributed by atoms with Crippen molar-refractivity contribution in [2.75, 3.05) is 7.11 Å². The summed E-state index contributed by atoms with van der Waals surface area (Å²) in [6, 6.07) is 3.78. The third-order valence-corrected chi connectivity index (χ3v) is 3.15. The Morgan fingerprint density at radius 3 is 2.68 bits per heavy atom. The highest BCUT2D eigenvalue weighted by atomic mass is 16.5. The third kappa shape index (κ3) is 2.46. The quantitative estimate of drug-likeness (QED) is 0.915. The zero-order chi connectivity index (χ0) is 14.0. The van der Waals surface area contributed by atoms with Crippen LogP contribution >= 0.6 is 0 Å². The van der Waals surface area contributed by atoms with Gasteiger partial charge in [0.15, 0.2) is 5.75 Å². The summed E-state index contributed by atoms with van der Waals surface area (Å²) in [5.74, 6) is 0.700. The lowest BCUT2D eigenvalue weighted by atomic mass is 10.1. The molecular weight excluding hydrogens is 240 g/mol. The summed E-state index contributed by atoms with van der Waals surface area (Å²) in [7, 11) is 1.63. The zero-order valence-electron chi connectivity index (χ0n) is 11.8. The molecule has 0 amide bonds. The van der Waals surface area contributed by atoms with Crippen LogP contribution in [0.3, 0.4) is 0 Å². The van der Waals surface area contributed by atoms with Gasteiger partial charge in [-0.15, -0.1) is 0 Å². The second kappa shape index (κ2) is 5.40. The van der Waals surface area contributed by atoms with E-state index in [0.717, 1.165) is 17.0 Å². The van der Waals surface area contributed by atoms with Gasteiger partial charge in [0, 0.05) is 12.2 Å². The van der Waals surface area contributed by atoms with E-state index >= 15 is 0 Å². The SMILES string of the molecule is COc1cnn(C(C)C)c1C(N)c1ncccc1C. The van der Waals surface area contributed by atoms with Crippen LogP contribution in [0.15, 0.2) is 24.5 Å². The molecular formula is C14H20N4O. The van der Waals surface area contributed by atoms with Crippen molar-refractivity contribution in [2.45, 2.75) is 32.9 Å². The molecule has 5 nitrogen and oxygen atoms in total. The standard InChI is InChI=1S/C14H20N4O/c1-9(2)18-14(11(19-4)8-17-18)12(15)13-10(3)6-5-7-16-13/h5-9,12H,15H2,1-4H3. The Morgan fingerprint density at radius 1 is 1.37 bits per heavy atom. The van der Waals surface area contributed by atoms with Crippen molar-refractivity contribution in [3.63, 3.8) is 0 Å². The Bertz CT molecular complexity index is 562. The molecule has 0 aromatic carbocycles. The van der Waals surface area contributed by atoms with E-state index in [0.29, 0.717) is 5.75 Å². The lowest BCUT2D eigenvalue weighted by Gasteiger charge is -2.18. The molecule has 19 heavy (non-hydrogen) atoms. The Morgan fingerprint density at radius 2 is 2.11 bits per heavy atom. The lowest BCUT2D eigenvalue weighted by Crippen LogP contribution is -2.21. The van der Waals surface area contributed by atoms with Gasteiger partial charge in [0.05, 0.1) is 25.0 Å². The summed E-state index contributed by atoms with van der Waals surface area (Å²) in [5.41, 5.74) is 9.15. The fourth-order valence-corrected chi connectivity index (χ4v) is 2.17. The Labute approximate surface area is 113 Å². The van der Waals surface area contributed by atoms with Gasteiger partial charge < -0.3 is 10.5 Å². The minimum Gasteiger partial charge on any atom is -0.493 e. The van der Waals surface area contributed by atoms with Crippen molar-refractivity contribution in [3.8, 4) is 5.75 Å². The van der Waals surface area contributed by atoms with Gasteiger partial charge in [0.2, 0.25) is 0 Å². The van der Waals surface area contributed by atoms with Gasteiger partial charge >= 0.3 is 0 Å². The molecule has 1 atom stereocenters. The van der Waals surface area contributed by atoms with E-state index in [9.17, 15) is 0 Å². The number of hydrogen-bond acceptors (Lipinski definition) is 4. The van der Waals surface area contributed by atoms with E-state index in [1.165, 1.54) is 0 Å². The van der Waals surface area contributed by atoms with E-state index in [4.69, 9.17) is 10.5 Å². The number of hydrogen-bond donors (Lipinski definition) is 1. The van der Waals surface area contributed by atoms with Crippen LogP contribution in [0.5, 0.6) is 5.75 Å². The summed E-state index contributed by atoms with van der Waals surface area (Å²) in [6.45, 7) is 6.13. The fraction of sp³-hybridized carbons (Fsp3) is 0.429. The number of aryl methyl sites for hydroxylation is 1. The average Bonchev–Trinajstić information content (AvgIpc) is 2.82. The van der Waals surface area contributed by atoms with Gasteiger partial charge in [-0.25, -0.2) is 0 Å². The summed E-state index contributed by atoms with van der Waals surface area (Å²) in [5, 5.41) is 4.35. The number of nitrogens with zero attached hydrogens (tertiary/aromatic N) is 3. The van der Waals surface area contributed by atoms with E-state index in [-0.39, 0.29) is 12.1 Å². The molecule has 5 heteroatoms. The molecule has 0 aliphatic carbocycles. The smallest absolute Gasteiger partial charge is 0.161 e. The molecule has 2 heterocycles. The first-order valence-corrected chi connectivity index (χ1v) is 6.34. The molecule has 0 aliphatic rings. The largest absolute Gasteiger partial charge is 0.493 e. The second-order valence-corrected chi connectivity index (χ2v) is 4.82. The van der Waals surface area contributed by atoms with Crippen molar-refractivity contribution in [1.29, 1.82) is 0 Å². The monoisotopic (exact) mass is 260 g/mol. The maximum atomic E-state index is 6.37. The Kier molecular flexibility index (Phi) is 3.85. The first kappa shape index (κ1) is 13.5. The Hall–Kier alpha value is -1.88. The minimum atomic E-state index is -0.346. The maximum Gasteiger partial charge on any atom is 0.161 e. The van der Waals surface area contributed by atoms with Crippen LogP contribution < -0.4 is 10.5 Å². The molecule has 2 aromatic heterocycles. The summed E-state index contributed by atoms with van der Waals surface area (Å²) < 4.78 is 7.25. The van der Waals surface area contributed by atoms with Crippen molar-refractivity contribution in [2.24, 2.45) is 5.73 Å². The maximum absolute atomic E-state index is 6.37. The zero-order valence-corrected chi connectivity index (χ0v) is 11.8. The van der Waals surface area contributed by atoms with Crippen molar-refractivity contribution in [1.82, 2.24) is 14.8 Å². The molecule has 0 saturated heterocycles. The first-order chi connectivity index (χ1) is 9.06. The molecule has 1 unspecified atom stereocenters. The van der Waals surface area contributed by atoms with Crippen LogP contribution in [0.4, 0.5) is 0 Å². The number of pyridine rings is 1. The molecule has 0 saturated carbocycles. The molecule has 0 bridgehead atoms.